The molecule has 2 atom stereocenters. The number of carbonyl (C=O) groups is 3. The van der Waals surface area contributed by atoms with E-state index in [4.69, 9.17) is 9.57 Å². The number of benzene rings is 2. The molecule has 2 heterocycles. The molecule has 2 aromatic carbocycles. The molecule has 2 aliphatic heterocycles. The number of oxime groups is 1. The molecule has 2 aromatic rings. The molecule has 2 aliphatic rings. The van der Waals surface area contributed by atoms with Gasteiger partial charge in [0.15, 0.2) is 0 Å². The number of carbonyl (C=O) groups excluding carboxylic acids is 3. The normalized spacial score (nSPS) is 20.9. The Morgan fingerprint density at radius 3 is 2.50 bits per heavy atom. The Hall–Kier alpha value is -3.74. The van der Waals surface area contributed by atoms with E-state index in [0.29, 0.717) is 5.71 Å². The van der Waals surface area contributed by atoms with Crippen molar-refractivity contribution in [3.8, 4) is 0 Å². The van der Waals surface area contributed by atoms with Crippen LogP contribution in [0.15, 0.2) is 65.8 Å². The van der Waals surface area contributed by atoms with Crippen LogP contribution in [-0.4, -0.2) is 36.7 Å². The summed E-state index contributed by atoms with van der Waals surface area (Å²) in [5.74, 6) is -2.52. The van der Waals surface area contributed by atoms with Crippen LogP contribution in [0.1, 0.15) is 15.9 Å². The number of para-hydroxylation sites is 1. The van der Waals surface area contributed by atoms with Gasteiger partial charge in [0.25, 0.3) is 5.91 Å². The summed E-state index contributed by atoms with van der Waals surface area (Å²) in [4.78, 5) is 44.1. The van der Waals surface area contributed by atoms with Gasteiger partial charge in [-0.25, -0.2) is 9.69 Å². The maximum Gasteiger partial charge on any atom is 0.339 e. The molecule has 1 fully saturated rings. The second-order valence-corrected chi connectivity index (χ2v) is 6.28. The van der Waals surface area contributed by atoms with E-state index in [1.54, 1.807) is 24.3 Å². The van der Waals surface area contributed by atoms with Crippen LogP contribution in [0.25, 0.3) is 6.08 Å². The van der Waals surface area contributed by atoms with Gasteiger partial charge in [0.05, 0.1) is 24.1 Å². The summed E-state index contributed by atoms with van der Waals surface area (Å²) in [6.07, 6.45) is 2.43. The standard InChI is InChI=1S/C21H16N2O5/c1-27-21(26)14-9-5-6-10-16(14)23-19(24)17-15(22-28-18(17)20(23)25)12-11-13-7-3-2-4-8-13/h2-12,17-18H,1H3. The van der Waals surface area contributed by atoms with Gasteiger partial charge in [-0.15, -0.1) is 0 Å². The van der Waals surface area contributed by atoms with Crippen LogP contribution < -0.4 is 4.90 Å². The summed E-state index contributed by atoms with van der Waals surface area (Å²) in [6, 6.07) is 15.8. The number of anilines is 1. The number of hydrogen-bond donors (Lipinski definition) is 0. The Bertz CT molecular complexity index is 1010. The fourth-order valence-electron chi connectivity index (χ4n) is 3.28. The molecule has 4 rings (SSSR count). The van der Waals surface area contributed by atoms with Crippen molar-refractivity contribution in [3.05, 3.63) is 71.8 Å². The van der Waals surface area contributed by atoms with Crippen LogP contribution in [-0.2, 0) is 19.2 Å². The topological polar surface area (TPSA) is 85.3 Å². The van der Waals surface area contributed by atoms with Crippen LogP contribution in [0.4, 0.5) is 5.69 Å². The summed E-state index contributed by atoms with van der Waals surface area (Å²) in [7, 11) is 1.24. The quantitative estimate of drug-likeness (QED) is 0.604. The van der Waals surface area contributed by atoms with Crippen LogP contribution in [0.3, 0.4) is 0 Å². The summed E-state index contributed by atoms with van der Waals surface area (Å²) in [5, 5.41) is 3.91. The zero-order chi connectivity index (χ0) is 19.7. The molecular formula is C21H16N2O5. The molecule has 0 aromatic heterocycles. The fourth-order valence-corrected chi connectivity index (χ4v) is 3.28. The van der Waals surface area contributed by atoms with E-state index in [-0.39, 0.29) is 11.3 Å². The number of fused-ring (bicyclic) bond motifs is 1. The number of allylic oxidation sites excluding steroid dienone is 1. The zero-order valence-corrected chi connectivity index (χ0v) is 14.9. The maximum absolute atomic E-state index is 13.0. The third kappa shape index (κ3) is 2.87. The lowest BCUT2D eigenvalue weighted by Gasteiger charge is -2.17. The number of hydrogen-bond acceptors (Lipinski definition) is 6. The number of methoxy groups -OCH3 is 1. The molecule has 0 saturated carbocycles. The Morgan fingerprint density at radius 1 is 1.04 bits per heavy atom. The monoisotopic (exact) mass is 376 g/mol. The van der Waals surface area contributed by atoms with Crippen molar-refractivity contribution in [1.29, 1.82) is 0 Å². The highest BCUT2D eigenvalue weighted by Gasteiger charge is 2.55. The van der Waals surface area contributed by atoms with E-state index >= 15 is 0 Å². The van der Waals surface area contributed by atoms with E-state index in [1.807, 2.05) is 30.3 Å². The van der Waals surface area contributed by atoms with E-state index in [0.717, 1.165) is 10.5 Å². The zero-order valence-electron chi connectivity index (χ0n) is 14.9. The summed E-state index contributed by atoms with van der Waals surface area (Å²) in [5.41, 5.74) is 1.60. The van der Waals surface area contributed by atoms with Crippen LogP contribution in [0.5, 0.6) is 0 Å². The average Bonchev–Trinajstić information content (AvgIpc) is 3.26. The number of esters is 1. The molecule has 140 valence electrons. The molecule has 0 N–H and O–H groups in total. The van der Waals surface area contributed by atoms with Gasteiger partial charge in [0.2, 0.25) is 12.0 Å². The smallest absolute Gasteiger partial charge is 0.339 e. The van der Waals surface area contributed by atoms with Gasteiger partial charge in [-0.1, -0.05) is 53.7 Å². The Balaban J connectivity index is 1.65. The van der Waals surface area contributed by atoms with Gasteiger partial charge in [0, 0.05) is 0 Å². The van der Waals surface area contributed by atoms with Crippen molar-refractivity contribution < 1.29 is 24.0 Å². The van der Waals surface area contributed by atoms with Crippen molar-refractivity contribution in [2.45, 2.75) is 6.10 Å². The van der Waals surface area contributed by atoms with Gasteiger partial charge in [-0.05, 0) is 23.8 Å². The minimum absolute atomic E-state index is 0.130. The SMILES string of the molecule is COC(=O)c1ccccc1N1C(=O)C2ON=C(C=Cc3ccccc3)C2C1=O. The fraction of sp³-hybridized carbons (Fsp3) is 0.143. The number of imide groups is 1. The van der Waals surface area contributed by atoms with Crippen molar-refractivity contribution in [1.82, 2.24) is 0 Å². The van der Waals surface area contributed by atoms with Gasteiger partial charge in [0.1, 0.15) is 5.92 Å². The summed E-state index contributed by atoms with van der Waals surface area (Å²) in [6.45, 7) is 0. The second-order valence-electron chi connectivity index (χ2n) is 6.28. The Labute approximate surface area is 160 Å². The van der Waals surface area contributed by atoms with Gasteiger partial charge in [-0.3, -0.25) is 9.59 Å². The van der Waals surface area contributed by atoms with Crippen molar-refractivity contribution in [2.24, 2.45) is 11.1 Å². The molecule has 0 bridgehead atoms. The number of nitrogens with zero attached hydrogens (tertiary/aromatic N) is 2. The number of amides is 2. The van der Waals surface area contributed by atoms with Gasteiger partial charge < -0.3 is 9.57 Å². The lowest BCUT2D eigenvalue weighted by Crippen LogP contribution is -2.34. The highest BCUT2D eigenvalue weighted by molar-refractivity contribution is 6.32. The molecule has 0 spiro atoms. The van der Waals surface area contributed by atoms with Gasteiger partial charge >= 0.3 is 5.97 Å². The highest BCUT2D eigenvalue weighted by Crippen LogP contribution is 2.35. The molecular weight excluding hydrogens is 360 g/mol. The number of rotatable bonds is 4. The lowest BCUT2D eigenvalue weighted by molar-refractivity contribution is -0.126. The van der Waals surface area contributed by atoms with Gasteiger partial charge in [-0.2, -0.15) is 0 Å². The van der Waals surface area contributed by atoms with E-state index in [1.165, 1.54) is 19.2 Å². The first-order valence-electron chi connectivity index (χ1n) is 8.64. The molecule has 28 heavy (non-hydrogen) atoms. The number of ether oxygens (including phenoxy) is 1. The third-order valence-corrected chi connectivity index (χ3v) is 4.64. The van der Waals surface area contributed by atoms with Crippen molar-refractivity contribution in [2.75, 3.05) is 12.0 Å². The second kappa shape index (κ2) is 7.11. The van der Waals surface area contributed by atoms with E-state index < -0.39 is 29.8 Å². The first kappa shape index (κ1) is 17.7. The molecule has 0 aliphatic carbocycles. The first-order chi connectivity index (χ1) is 13.6. The predicted molar refractivity (Wildman–Crippen MR) is 102 cm³/mol. The molecule has 7 nitrogen and oxygen atoms in total. The average molecular weight is 376 g/mol. The van der Waals surface area contributed by atoms with E-state index in [2.05, 4.69) is 5.16 Å². The van der Waals surface area contributed by atoms with Crippen LogP contribution >= 0.6 is 0 Å². The Kier molecular flexibility index (Phi) is 4.49. The van der Waals surface area contributed by atoms with Crippen molar-refractivity contribution in [3.63, 3.8) is 0 Å². The summed E-state index contributed by atoms with van der Waals surface area (Å²) >= 11 is 0. The Morgan fingerprint density at radius 2 is 1.75 bits per heavy atom. The van der Waals surface area contributed by atoms with E-state index in [9.17, 15) is 14.4 Å². The molecule has 7 heteroatoms. The van der Waals surface area contributed by atoms with Crippen LogP contribution in [0.2, 0.25) is 0 Å². The summed E-state index contributed by atoms with van der Waals surface area (Å²) < 4.78 is 4.76. The minimum atomic E-state index is -1.03. The largest absolute Gasteiger partial charge is 0.465 e. The van der Waals surface area contributed by atoms with Crippen LogP contribution in [0, 0.1) is 5.92 Å². The molecule has 1 saturated heterocycles. The predicted octanol–water partition coefficient (Wildman–Crippen LogP) is 2.43. The van der Waals surface area contributed by atoms with Crippen molar-refractivity contribution >= 4 is 35.3 Å². The third-order valence-electron chi connectivity index (χ3n) is 4.64. The first-order valence-corrected chi connectivity index (χ1v) is 8.64. The lowest BCUT2D eigenvalue weighted by atomic mass is 9.99. The highest BCUT2D eigenvalue weighted by atomic mass is 16.6. The maximum atomic E-state index is 13.0. The molecule has 2 unspecified atom stereocenters. The molecule has 0 radical (unpaired) electrons. The minimum Gasteiger partial charge on any atom is -0.465 e. The molecule has 2 amide bonds.